The lowest BCUT2D eigenvalue weighted by Crippen LogP contribution is -2.40. The van der Waals surface area contributed by atoms with Crippen LogP contribution >= 0.6 is 0 Å². The number of imidazole rings is 1. The van der Waals surface area contributed by atoms with Crippen LogP contribution in [-0.2, 0) is 37.8 Å². The Hall–Kier alpha value is -4.58. The Morgan fingerprint density at radius 3 is 2.43 bits per heavy atom. The van der Waals surface area contributed by atoms with E-state index in [1.54, 1.807) is 13.8 Å². The van der Waals surface area contributed by atoms with Crippen LogP contribution in [0.5, 0.6) is 5.75 Å². The van der Waals surface area contributed by atoms with E-state index >= 15 is 0 Å². The minimum atomic E-state index is -1.26. The maximum absolute atomic E-state index is 13.9. The van der Waals surface area contributed by atoms with Gasteiger partial charge < -0.3 is 33.9 Å². The third kappa shape index (κ3) is 10.6. The monoisotopic (exact) mass is 780 g/mol. The number of carboxylic acid groups (broad SMARTS) is 1. The molecule has 2 aliphatic rings. The highest BCUT2D eigenvalue weighted by molar-refractivity contribution is 7.90. The van der Waals surface area contributed by atoms with Crippen molar-refractivity contribution < 1.29 is 28.7 Å². The lowest BCUT2D eigenvalue weighted by Gasteiger charge is -2.34. The van der Waals surface area contributed by atoms with Gasteiger partial charge in [0.15, 0.2) is 10.6 Å². The fraction of sp³-hybridized carbons (Fsp3) is 0.444. The molecule has 1 aromatic heterocycles. The first-order chi connectivity index (χ1) is 27.1. The van der Waals surface area contributed by atoms with Gasteiger partial charge in [-0.2, -0.15) is 0 Å². The van der Waals surface area contributed by atoms with Crippen LogP contribution in [0, 0.1) is 5.41 Å². The number of fused-ring (bicyclic) bond motifs is 1. The summed E-state index contributed by atoms with van der Waals surface area (Å²) >= 11 is -1.26. The second-order valence-corrected chi connectivity index (χ2v) is 17.0. The van der Waals surface area contributed by atoms with Gasteiger partial charge in [-0.15, -0.1) is 0 Å². The lowest BCUT2D eigenvalue weighted by atomic mass is 9.91. The van der Waals surface area contributed by atoms with Crippen molar-refractivity contribution in [3.63, 3.8) is 0 Å². The van der Waals surface area contributed by atoms with E-state index in [2.05, 4.69) is 39.7 Å². The number of aromatic nitrogens is 2. The summed E-state index contributed by atoms with van der Waals surface area (Å²) in [6, 6.07) is 21.4. The number of unbranched alkanes of at least 4 members (excludes halogenated alkanes) is 1. The first-order valence-corrected chi connectivity index (χ1v) is 21.4. The molecular weight excluding hydrogens is 725 g/mol. The number of benzene rings is 3. The van der Waals surface area contributed by atoms with Crippen LogP contribution in [0.3, 0.4) is 0 Å². The number of ether oxygens (including phenoxy) is 2. The summed E-state index contributed by atoms with van der Waals surface area (Å²) in [5.41, 5.74) is 6.14. The van der Waals surface area contributed by atoms with E-state index in [0.717, 1.165) is 84.8 Å². The number of hydrogen-bond acceptors (Lipinski definition) is 7. The van der Waals surface area contributed by atoms with Gasteiger partial charge in [0.25, 0.3) is 5.91 Å². The largest absolute Gasteiger partial charge is 0.611 e. The molecule has 3 aromatic carbocycles. The molecule has 0 spiro atoms. The average molecular weight is 781 g/mol. The molecule has 2 N–H and O–H groups in total. The van der Waals surface area contributed by atoms with Gasteiger partial charge in [0, 0.05) is 49.1 Å². The fourth-order valence-corrected chi connectivity index (χ4v) is 8.17. The van der Waals surface area contributed by atoms with Crippen LogP contribution in [0.15, 0.2) is 83.5 Å². The first-order valence-electron chi connectivity index (χ1n) is 20.0. The molecule has 1 fully saturated rings. The van der Waals surface area contributed by atoms with E-state index in [0.29, 0.717) is 67.0 Å². The Labute approximate surface area is 334 Å². The average Bonchev–Trinajstić information content (AvgIpc) is 3.96. The number of aliphatic carboxylic acids is 1. The molecule has 0 bridgehead atoms. The van der Waals surface area contributed by atoms with Crippen LogP contribution in [0.2, 0.25) is 0 Å². The lowest BCUT2D eigenvalue weighted by molar-refractivity contribution is -0.146. The number of rotatable bonds is 19. The number of carbonyl (C=O) groups excluding carboxylic acids is 1. The maximum atomic E-state index is 13.9. The molecular formula is C45H56N4O6S. The van der Waals surface area contributed by atoms with Crippen LogP contribution in [-0.4, -0.2) is 64.0 Å². The molecule has 6 rings (SSSR count). The second-order valence-electron chi connectivity index (χ2n) is 15.5. The van der Waals surface area contributed by atoms with Crippen molar-refractivity contribution in [1.82, 2.24) is 9.55 Å². The molecule has 11 heteroatoms. The zero-order chi connectivity index (χ0) is 39.7. The number of amides is 1. The Morgan fingerprint density at radius 2 is 1.73 bits per heavy atom. The fourth-order valence-electron chi connectivity index (χ4n) is 7.00. The molecule has 1 saturated carbocycles. The summed E-state index contributed by atoms with van der Waals surface area (Å²) in [5.74, 6) is 0.604. The Balaban J connectivity index is 1.19. The summed E-state index contributed by atoms with van der Waals surface area (Å²) in [7, 11) is 0. The number of nitrogens with zero attached hydrogens (tertiary/aromatic N) is 3. The number of anilines is 2. The highest BCUT2D eigenvalue weighted by atomic mass is 32.2. The van der Waals surface area contributed by atoms with Crippen LogP contribution in [0.4, 0.5) is 11.4 Å². The van der Waals surface area contributed by atoms with E-state index < -0.39 is 22.6 Å². The van der Waals surface area contributed by atoms with Crippen LogP contribution in [0.1, 0.15) is 95.5 Å². The molecule has 1 aliphatic carbocycles. The van der Waals surface area contributed by atoms with Gasteiger partial charge in [0.2, 0.25) is 0 Å². The molecule has 10 nitrogen and oxygen atoms in total. The van der Waals surface area contributed by atoms with Gasteiger partial charge in [-0.1, -0.05) is 38.5 Å². The predicted molar refractivity (Wildman–Crippen MR) is 224 cm³/mol. The number of carbonyl (C=O) groups is 2. The minimum absolute atomic E-state index is 0.202. The quantitative estimate of drug-likeness (QED) is 0.0713. The van der Waals surface area contributed by atoms with Gasteiger partial charge in [-0.25, -0.2) is 4.98 Å². The van der Waals surface area contributed by atoms with Gasteiger partial charge in [-0.3, -0.25) is 9.59 Å². The van der Waals surface area contributed by atoms with Crippen LogP contribution in [0.25, 0.3) is 17.2 Å². The molecule has 1 atom stereocenters. The number of carboxylic acids is 1. The smallest absolute Gasteiger partial charge is 0.310 e. The molecule has 0 saturated heterocycles. The van der Waals surface area contributed by atoms with Crippen LogP contribution < -0.4 is 15.0 Å². The van der Waals surface area contributed by atoms with Crippen molar-refractivity contribution in [2.24, 2.45) is 5.41 Å². The zero-order valence-electron chi connectivity index (χ0n) is 33.2. The topological polar surface area (TPSA) is 129 Å². The summed E-state index contributed by atoms with van der Waals surface area (Å²) in [6.07, 6.45) is 10.4. The van der Waals surface area contributed by atoms with E-state index in [4.69, 9.17) is 9.47 Å². The van der Waals surface area contributed by atoms with Crippen molar-refractivity contribution in [2.75, 3.05) is 43.1 Å². The SMILES string of the molecule is CCCCOCCOc1ccc(-c2ccc3c(c2)/C=C(/C(=O)Nc2ccc([S@@+]([O-])Cc4c(C5CC5)ncn4CCC)cc2)CCCN3CC(C)(C)C(=O)O)cc1. The minimum Gasteiger partial charge on any atom is -0.611 e. The van der Waals surface area contributed by atoms with Crippen molar-refractivity contribution in [3.8, 4) is 16.9 Å². The third-order valence-electron chi connectivity index (χ3n) is 10.4. The first kappa shape index (κ1) is 41.1. The molecule has 1 amide bonds. The summed E-state index contributed by atoms with van der Waals surface area (Å²) in [6.45, 7) is 11.3. The van der Waals surface area contributed by atoms with Crippen molar-refractivity contribution >= 4 is 40.5 Å². The normalized spacial score (nSPS) is 15.9. The van der Waals surface area contributed by atoms with E-state index in [9.17, 15) is 19.2 Å². The van der Waals surface area contributed by atoms with Gasteiger partial charge in [-0.05, 0) is 135 Å². The number of nitrogens with one attached hydrogen (secondary N) is 1. The Morgan fingerprint density at radius 1 is 0.982 bits per heavy atom. The zero-order valence-corrected chi connectivity index (χ0v) is 34.0. The van der Waals surface area contributed by atoms with Crippen molar-refractivity contribution in [3.05, 3.63) is 95.6 Å². The molecule has 0 radical (unpaired) electrons. The molecule has 0 unspecified atom stereocenters. The standard InChI is InChI=1S/C45H56N4O6S/c1-5-7-24-54-25-26-55-38-17-12-32(13-18-38)34-14-21-40-36(27-34)28-35(9-8-23-48(40)30-45(3,4)44(51)52)43(50)47-37-15-19-39(20-16-37)56(53)29-41-42(33-10-11-33)46-31-49(41)22-6-2/h12-21,27-28,31,33H,5-11,22-26,29-30H2,1-4H3,(H,47,50)(H,51,52)/b35-28+/t56-/m0/s1. The molecule has 2 heterocycles. The molecule has 1 aliphatic heterocycles. The number of hydrogen-bond donors (Lipinski definition) is 2. The van der Waals surface area contributed by atoms with Gasteiger partial charge in [0.05, 0.1) is 29.7 Å². The van der Waals surface area contributed by atoms with E-state index in [1.807, 2.05) is 73.1 Å². The molecule has 4 aromatic rings. The molecule has 298 valence electrons. The highest BCUT2D eigenvalue weighted by Gasteiger charge is 2.33. The van der Waals surface area contributed by atoms with Crippen molar-refractivity contribution in [1.29, 1.82) is 0 Å². The van der Waals surface area contributed by atoms with E-state index in [-0.39, 0.29) is 5.91 Å². The van der Waals surface area contributed by atoms with Gasteiger partial charge >= 0.3 is 5.97 Å². The predicted octanol–water partition coefficient (Wildman–Crippen LogP) is 9.07. The summed E-state index contributed by atoms with van der Waals surface area (Å²) in [4.78, 5) is 33.5. The highest BCUT2D eigenvalue weighted by Crippen LogP contribution is 2.41. The number of aryl methyl sites for hydroxylation is 1. The van der Waals surface area contributed by atoms with E-state index in [1.165, 1.54) is 0 Å². The summed E-state index contributed by atoms with van der Waals surface area (Å²) in [5, 5.41) is 13.0. The third-order valence-corrected chi connectivity index (χ3v) is 11.7. The van der Waals surface area contributed by atoms with Crippen molar-refractivity contribution in [2.45, 2.75) is 95.8 Å². The molecule has 56 heavy (non-hydrogen) atoms. The Bertz CT molecular complexity index is 1970. The second kappa shape index (κ2) is 19.0. The Kier molecular flexibility index (Phi) is 14.0. The maximum Gasteiger partial charge on any atom is 0.310 e. The summed E-state index contributed by atoms with van der Waals surface area (Å²) < 4.78 is 27.2. The van der Waals surface area contributed by atoms with Gasteiger partial charge in [0.1, 0.15) is 12.4 Å².